The molecule has 1 spiro atoms. The predicted octanol–water partition coefficient (Wildman–Crippen LogP) is 4.51. The van der Waals surface area contributed by atoms with Crippen molar-refractivity contribution in [2.75, 3.05) is 6.61 Å². The summed E-state index contributed by atoms with van der Waals surface area (Å²) in [5.74, 6) is -0.510. The van der Waals surface area contributed by atoms with Gasteiger partial charge in [-0.3, -0.25) is 4.79 Å². The second-order valence-corrected chi connectivity index (χ2v) is 7.61. The van der Waals surface area contributed by atoms with E-state index in [1.54, 1.807) is 12.1 Å². The van der Waals surface area contributed by atoms with Crippen molar-refractivity contribution < 1.29 is 14.3 Å². The lowest BCUT2D eigenvalue weighted by atomic mass is 9.68. The summed E-state index contributed by atoms with van der Waals surface area (Å²) < 4.78 is 5.45. The molecule has 0 heterocycles. The topological polar surface area (TPSA) is 55.4 Å². The Morgan fingerprint density at radius 1 is 1.00 bits per heavy atom. The van der Waals surface area contributed by atoms with Gasteiger partial charge in [0.15, 0.2) is 0 Å². The molecule has 4 rings (SSSR count). The lowest BCUT2D eigenvalue weighted by molar-refractivity contribution is -0.139. The first-order valence-electron chi connectivity index (χ1n) is 10.0. The molecule has 1 amide bonds. The van der Waals surface area contributed by atoms with Crippen LogP contribution in [0.15, 0.2) is 60.2 Å². The fourth-order valence-corrected chi connectivity index (χ4v) is 4.68. The summed E-state index contributed by atoms with van der Waals surface area (Å²) in [5.41, 5.74) is 3.70. The Morgan fingerprint density at radius 3 is 2.39 bits per heavy atom. The minimum Gasteiger partial charge on any atom is -0.463 e. The number of amides is 1. The van der Waals surface area contributed by atoms with Gasteiger partial charge in [-0.1, -0.05) is 55.3 Å². The van der Waals surface area contributed by atoms with Crippen molar-refractivity contribution in [3.8, 4) is 0 Å². The molecule has 1 N–H and O–H groups in total. The van der Waals surface area contributed by atoms with Gasteiger partial charge in [0.25, 0.3) is 5.91 Å². The molecule has 144 valence electrons. The largest absolute Gasteiger partial charge is 0.463 e. The monoisotopic (exact) mass is 375 g/mol. The zero-order chi connectivity index (χ0) is 19.6. The zero-order valence-corrected chi connectivity index (χ0v) is 16.2. The molecule has 0 saturated heterocycles. The highest BCUT2D eigenvalue weighted by Crippen LogP contribution is 2.52. The molecule has 0 aromatic heterocycles. The number of carbonyl (C=O) groups excluding carboxylic acids is 2. The van der Waals surface area contributed by atoms with Gasteiger partial charge in [0.05, 0.1) is 17.9 Å². The molecule has 4 heteroatoms. The maximum absolute atomic E-state index is 13.1. The van der Waals surface area contributed by atoms with Crippen LogP contribution in [-0.2, 0) is 16.0 Å². The first kappa shape index (κ1) is 18.5. The molecular weight excluding hydrogens is 350 g/mol. The molecule has 1 saturated carbocycles. The lowest BCUT2D eigenvalue weighted by Gasteiger charge is -2.38. The Balaban J connectivity index is 1.86. The number of ether oxygens (including phenoxy) is 1. The summed E-state index contributed by atoms with van der Waals surface area (Å²) in [5, 5.41) is 3.07. The Bertz CT molecular complexity index is 924. The highest BCUT2D eigenvalue weighted by atomic mass is 16.5. The number of hydrogen-bond donors (Lipinski definition) is 1. The van der Waals surface area contributed by atoms with Crippen LogP contribution >= 0.6 is 0 Å². The number of rotatable bonds is 4. The lowest BCUT2D eigenvalue weighted by Crippen LogP contribution is -2.37. The third-order valence-corrected chi connectivity index (χ3v) is 5.91. The number of esters is 1. The molecule has 28 heavy (non-hydrogen) atoms. The molecule has 2 aliphatic carbocycles. The van der Waals surface area contributed by atoms with Crippen molar-refractivity contribution in [3.05, 3.63) is 76.9 Å². The normalized spacial score (nSPS) is 17.3. The van der Waals surface area contributed by atoms with Gasteiger partial charge in [0.1, 0.15) is 0 Å². The Kier molecular flexibility index (Phi) is 5.03. The molecule has 2 aliphatic rings. The number of fused-ring (bicyclic) bond motifs is 1. The second-order valence-electron chi connectivity index (χ2n) is 7.61. The first-order valence-corrected chi connectivity index (χ1v) is 10.0. The van der Waals surface area contributed by atoms with Gasteiger partial charge in [-0.15, -0.1) is 0 Å². The minimum absolute atomic E-state index is 0.206. The average molecular weight is 375 g/mol. The van der Waals surface area contributed by atoms with Gasteiger partial charge in [-0.25, -0.2) is 4.79 Å². The molecular formula is C24H25NO3. The number of nitrogens with one attached hydrogen (secondary N) is 1. The molecule has 0 radical (unpaired) electrons. The van der Waals surface area contributed by atoms with Crippen LogP contribution in [-0.4, -0.2) is 18.5 Å². The van der Waals surface area contributed by atoms with E-state index in [2.05, 4.69) is 11.4 Å². The molecule has 0 unspecified atom stereocenters. The van der Waals surface area contributed by atoms with Crippen LogP contribution < -0.4 is 5.32 Å². The molecule has 4 nitrogen and oxygen atoms in total. The number of benzene rings is 2. The Hall–Kier alpha value is -2.88. The summed E-state index contributed by atoms with van der Waals surface area (Å²) in [4.78, 5) is 26.0. The van der Waals surface area contributed by atoms with Gasteiger partial charge in [-0.2, -0.15) is 0 Å². The van der Waals surface area contributed by atoms with E-state index in [-0.39, 0.29) is 17.3 Å². The fraction of sp³-hybridized carbons (Fsp3) is 0.333. The van der Waals surface area contributed by atoms with Gasteiger partial charge in [0.2, 0.25) is 0 Å². The highest BCUT2D eigenvalue weighted by molar-refractivity contribution is 6.06. The van der Waals surface area contributed by atoms with Crippen LogP contribution in [0.5, 0.6) is 0 Å². The van der Waals surface area contributed by atoms with Crippen molar-refractivity contribution in [1.82, 2.24) is 5.32 Å². The van der Waals surface area contributed by atoms with Crippen molar-refractivity contribution in [1.29, 1.82) is 0 Å². The maximum atomic E-state index is 13.1. The van der Waals surface area contributed by atoms with Crippen LogP contribution in [0, 0.1) is 5.41 Å². The van der Waals surface area contributed by atoms with E-state index in [1.807, 2.05) is 43.3 Å². The third-order valence-electron chi connectivity index (χ3n) is 5.91. The van der Waals surface area contributed by atoms with E-state index in [4.69, 9.17) is 4.74 Å². The average Bonchev–Trinajstić information content (AvgIpc) is 3.17. The quantitative estimate of drug-likeness (QED) is 0.800. The predicted molar refractivity (Wildman–Crippen MR) is 109 cm³/mol. The van der Waals surface area contributed by atoms with Crippen LogP contribution in [0.4, 0.5) is 0 Å². The van der Waals surface area contributed by atoms with Crippen LogP contribution in [0.2, 0.25) is 0 Å². The van der Waals surface area contributed by atoms with Crippen LogP contribution in [0.3, 0.4) is 0 Å². The van der Waals surface area contributed by atoms with E-state index in [0.29, 0.717) is 23.4 Å². The third kappa shape index (κ3) is 3.24. The Morgan fingerprint density at radius 2 is 1.68 bits per heavy atom. The van der Waals surface area contributed by atoms with E-state index in [1.165, 1.54) is 5.56 Å². The summed E-state index contributed by atoms with van der Waals surface area (Å²) >= 11 is 0. The van der Waals surface area contributed by atoms with Crippen LogP contribution in [0.25, 0.3) is 5.70 Å². The van der Waals surface area contributed by atoms with Gasteiger partial charge in [0, 0.05) is 16.5 Å². The Labute approximate surface area is 165 Å². The fourth-order valence-electron chi connectivity index (χ4n) is 4.68. The van der Waals surface area contributed by atoms with Crippen molar-refractivity contribution in [2.24, 2.45) is 5.41 Å². The van der Waals surface area contributed by atoms with Gasteiger partial charge < -0.3 is 10.1 Å². The standard InChI is InChI=1S/C24H25NO3/c1-2-28-23(27)20-21(25-22(26)17-10-4-3-5-11-17)19-13-7-6-12-18(19)16-24(20)14-8-9-15-24/h3-7,10-13H,2,8-9,14-16H2,1H3,(H,25,26). The molecule has 2 aromatic rings. The number of hydrogen-bond acceptors (Lipinski definition) is 3. The maximum Gasteiger partial charge on any atom is 0.336 e. The minimum atomic E-state index is -0.303. The SMILES string of the molecule is CCOC(=O)C1=C(NC(=O)c2ccccc2)c2ccccc2CC12CCCC2. The summed E-state index contributed by atoms with van der Waals surface area (Å²) in [6.07, 6.45) is 4.89. The van der Waals surface area contributed by atoms with Crippen molar-refractivity contribution in [2.45, 2.75) is 39.0 Å². The summed E-state index contributed by atoms with van der Waals surface area (Å²) in [6, 6.07) is 17.2. The zero-order valence-electron chi connectivity index (χ0n) is 16.2. The van der Waals surface area contributed by atoms with E-state index >= 15 is 0 Å². The molecule has 2 aromatic carbocycles. The number of carbonyl (C=O) groups is 2. The summed E-state index contributed by atoms with van der Waals surface area (Å²) in [6.45, 7) is 2.14. The van der Waals surface area contributed by atoms with Crippen molar-refractivity contribution >= 4 is 17.6 Å². The molecule has 0 aliphatic heterocycles. The van der Waals surface area contributed by atoms with Gasteiger partial charge in [-0.05, 0) is 43.9 Å². The van der Waals surface area contributed by atoms with Crippen LogP contribution in [0.1, 0.15) is 54.1 Å². The molecule has 0 bridgehead atoms. The smallest absolute Gasteiger partial charge is 0.336 e. The summed E-state index contributed by atoms with van der Waals surface area (Å²) in [7, 11) is 0. The second kappa shape index (κ2) is 7.63. The van der Waals surface area contributed by atoms with Gasteiger partial charge >= 0.3 is 5.97 Å². The molecule has 0 atom stereocenters. The van der Waals surface area contributed by atoms with E-state index in [0.717, 1.165) is 37.7 Å². The van der Waals surface area contributed by atoms with E-state index in [9.17, 15) is 9.59 Å². The van der Waals surface area contributed by atoms with Crippen molar-refractivity contribution in [3.63, 3.8) is 0 Å². The first-order chi connectivity index (χ1) is 13.6. The molecule has 1 fully saturated rings. The van der Waals surface area contributed by atoms with E-state index < -0.39 is 0 Å². The highest BCUT2D eigenvalue weighted by Gasteiger charge is 2.46.